The number of halogens is 1. The van der Waals surface area contributed by atoms with Gasteiger partial charge in [-0.25, -0.2) is 9.18 Å². The van der Waals surface area contributed by atoms with Crippen LogP contribution in [0.2, 0.25) is 0 Å². The first-order valence-corrected chi connectivity index (χ1v) is 6.18. The molecule has 0 heterocycles. The lowest BCUT2D eigenvalue weighted by atomic mass is 9.98. The first-order valence-electron chi connectivity index (χ1n) is 6.18. The average Bonchev–Trinajstić information content (AvgIpc) is 2.39. The third-order valence-electron chi connectivity index (χ3n) is 3.02. The quantitative estimate of drug-likeness (QED) is 0.921. The van der Waals surface area contributed by atoms with Gasteiger partial charge in [0.25, 0.3) is 0 Å². The van der Waals surface area contributed by atoms with Crippen molar-refractivity contribution in [3.05, 3.63) is 65.5 Å². The van der Waals surface area contributed by atoms with E-state index in [1.165, 1.54) is 12.1 Å². The number of rotatable bonds is 4. The molecule has 0 radical (unpaired) electrons. The minimum Gasteiger partial charge on any atom is -0.482 e. The summed E-state index contributed by atoms with van der Waals surface area (Å²) in [4.78, 5) is 11.1. The Morgan fingerprint density at radius 2 is 1.75 bits per heavy atom. The third-order valence-corrected chi connectivity index (χ3v) is 3.02. The Morgan fingerprint density at radius 1 is 1.10 bits per heavy atom. The van der Waals surface area contributed by atoms with E-state index in [0.29, 0.717) is 0 Å². The van der Waals surface area contributed by atoms with E-state index in [1.807, 2.05) is 30.3 Å². The van der Waals surface area contributed by atoms with E-state index in [0.717, 1.165) is 11.6 Å². The van der Waals surface area contributed by atoms with Gasteiger partial charge in [-0.2, -0.15) is 0 Å². The maximum absolute atomic E-state index is 13.6. The van der Waals surface area contributed by atoms with Gasteiger partial charge in [0.2, 0.25) is 0 Å². The van der Waals surface area contributed by atoms with Crippen molar-refractivity contribution in [3.63, 3.8) is 0 Å². The van der Waals surface area contributed by atoms with Crippen LogP contribution in [-0.4, -0.2) is 11.1 Å². The van der Waals surface area contributed by atoms with Crippen LogP contribution in [0.15, 0.2) is 48.5 Å². The first-order chi connectivity index (χ1) is 9.42. The number of aromatic carboxylic acids is 1. The summed E-state index contributed by atoms with van der Waals surface area (Å²) < 4.78 is 19.4. The molecule has 0 atom stereocenters. The summed E-state index contributed by atoms with van der Waals surface area (Å²) in [5.74, 6) is -2.13. The van der Waals surface area contributed by atoms with Crippen LogP contribution in [0.25, 0.3) is 0 Å². The molecule has 2 aromatic rings. The molecule has 1 N–H and O–H groups in total. The summed E-state index contributed by atoms with van der Waals surface area (Å²) >= 11 is 0. The van der Waals surface area contributed by atoms with Crippen molar-refractivity contribution in [2.45, 2.75) is 19.4 Å². The van der Waals surface area contributed by atoms with Gasteiger partial charge >= 0.3 is 5.97 Å². The van der Waals surface area contributed by atoms with Gasteiger partial charge in [-0.05, 0) is 31.5 Å². The Morgan fingerprint density at radius 3 is 2.35 bits per heavy atom. The zero-order chi connectivity index (χ0) is 14.8. The van der Waals surface area contributed by atoms with Crippen LogP contribution in [0.5, 0.6) is 5.75 Å². The molecule has 0 amide bonds. The number of hydrogen-bond donors (Lipinski definition) is 1. The Labute approximate surface area is 116 Å². The highest BCUT2D eigenvalue weighted by Gasteiger charge is 2.26. The fourth-order valence-corrected chi connectivity index (χ4v) is 1.97. The highest BCUT2D eigenvalue weighted by atomic mass is 19.1. The molecule has 0 unspecified atom stereocenters. The largest absolute Gasteiger partial charge is 0.482 e. The van der Waals surface area contributed by atoms with E-state index < -0.39 is 23.0 Å². The molecule has 2 aromatic carbocycles. The first kappa shape index (κ1) is 14.1. The summed E-state index contributed by atoms with van der Waals surface area (Å²) in [6, 6.07) is 13.3. The SMILES string of the molecule is CC(C)(Oc1cccc(F)c1C(=O)O)c1ccccc1. The zero-order valence-electron chi connectivity index (χ0n) is 11.3. The van der Waals surface area contributed by atoms with Crippen LogP contribution < -0.4 is 4.74 Å². The number of ether oxygens (including phenoxy) is 1. The van der Waals surface area contributed by atoms with E-state index in [-0.39, 0.29) is 5.75 Å². The Balaban J connectivity index is 2.40. The van der Waals surface area contributed by atoms with Crippen molar-refractivity contribution in [2.75, 3.05) is 0 Å². The van der Waals surface area contributed by atoms with Gasteiger partial charge in [0.15, 0.2) is 0 Å². The van der Waals surface area contributed by atoms with E-state index >= 15 is 0 Å². The summed E-state index contributed by atoms with van der Waals surface area (Å²) in [5, 5.41) is 9.09. The molecule has 0 aliphatic carbocycles. The van der Waals surface area contributed by atoms with Crippen LogP contribution in [0.4, 0.5) is 4.39 Å². The van der Waals surface area contributed by atoms with Gasteiger partial charge in [-0.15, -0.1) is 0 Å². The molecule has 0 bridgehead atoms. The molecule has 0 aliphatic rings. The molecule has 104 valence electrons. The van der Waals surface area contributed by atoms with Crippen molar-refractivity contribution in [3.8, 4) is 5.75 Å². The van der Waals surface area contributed by atoms with Crippen LogP contribution in [-0.2, 0) is 5.60 Å². The minimum absolute atomic E-state index is 0.0198. The highest BCUT2D eigenvalue weighted by Crippen LogP contribution is 2.31. The summed E-state index contributed by atoms with van der Waals surface area (Å²) in [7, 11) is 0. The van der Waals surface area contributed by atoms with Gasteiger partial charge < -0.3 is 9.84 Å². The molecule has 3 nitrogen and oxygen atoms in total. The van der Waals surface area contributed by atoms with Crippen molar-refractivity contribution in [1.82, 2.24) is 0 Å². The monoisotopic (exact) mass is 274 g/mol. The fourth-order valence-electron chi connectivity index (χ4n) is 1.97. The van der Waals surface area contributed by atoms with Crippen LogP contribution >= 0.6 is 0 Å². The molecule has 0 saturated heterocycles. The van der Waals surface area contributed by atoms with Crippen LogP contribution in [0.3, 0.4) is 0 Å². The Hall–Kier alpha value is -2.36. The van der Waals surface area contributed by atoms with Crippen molar-refractivity contribution >= 4 is 5.97 Å². The van der Waals surface area contributed by atoms with Gasteiger partial charge in [-0.1, -0.05) is 36.4 Å². The minimum atomic E-state index is -1.35. The van der Waals surface area contributed by atoms with Crippen molar-refractivity contribution in [2.24, 2.45) is 0 Å². The zero-order valence-corrected chi connectivity index (χ0v) is 11.3. The maximum atomic E-state index is 13.6. The molecule has 0 aliphatic heterocycles. The lowest BCUT2D eigenvalue weighted by molar-refractivity contribution is 0.0665. The average molecular weight is 274 g/mol. The molecular formula is C16H15FO3. The molecule has 0 saturated carbocycles. The maximum Gasteiger partial charge on any atom is 0.342 e. The number of benzene rings is 2. The highest BCUT2D eigenvalue weighted by molar-refractivity contribution is 5.91. The molecule has 4 heteroatoms. The van der Waals surface area contributed by atoms with E-state index in [2.05, 4.69) is 0 Å². The number of carboxylic acid groups (broad SMARTS) is 1. The predicted molar refractivity (Wildman–Crippen MR) is 73.5 cm³/mol. The van der Waals surface area contributed by atoms with Gasteiger partial charge in [0.1, 0.15) is 22.7 Å². The Kier molecular flexibility index (Phi) is 3.74. The number of hydrogen-bond acceptors (Lipinski definition) is 2. The second-order valence-corrected chi connectivity index (χ2v) is 4.90. The second-order valence-electron chi connectivity index (χ2n) is 4.90. The van der Waals surface area contributed by atoms with E-state index in [4.69, 9.17) is 9.84 Å². The van der Waals surface area contributed by atoms with Gasteiger partial charge in [-0.3, -0.25) is 0 Å². The normalized spacial score (nSPS) is 11.2. The number of carboxylic acids is 1. The fraction of sp³-hybridized carbons (Fsp3) is 0.188. The van der Waals surface area contributed by atoms with Crippen LogP contribution in [0, 0.1) is 5.82 Å². The summed E-state index contributed by atoms with van der Waals surface area (Å²) in [5.41, 5.74) is -0.337. The lowest BCUT2D eigenvalue weighted by Gasteiger charge is -2.27. The van der Waals surface area contributed by atoms with Crippen LogP contribution in [0.1, 0.15) is 29.8 Å². The molecule has 0 fully saturated rings. The molecule has 0 aromatic heterocycles. The summed E-state index contributed by atoms with van der Waals surface area (Å²) in [6.07, 6.45) is 0. The third kappa shape index (κ3) is 2.79. The predicted octanol–water partition coefficient (Wildman–Crippen LogP) is 3.84. The molecular weight excluding hydrogens is 259 g/mol. The molecule has 2 rings (SSSR count). The van der Waals surface area contributed by atoms with Crippen molar-refractivity contribution in [1.29, 1.82) is 0 Å². The lowest BCUT2D eigenvalue weighted by Crippen LogP contribution is -2.26. The van der Waals surface area contributed by atoms with Crippen molar-refractivity contribution < 1.29 is 19.0 Å². The topological polar surface area (TPSA) is 46.5 Å². The molecule has 0 spiro atoms. The van der Waals surface area contributed by atoms with E-state index in [1.54, 1.807) is 13.8 Å². The second kappa shape index (κ2) is 5.33. The number of carbonyl (C=O) groups is 1. The van der Waals surface area contributed by atoms with Gasteiger partial charge in [0.05, 0.1) is 0 Å². The molecule has 20 heavy (non-hydrogen) atoms. The van der Waals surface area contributed by atoms with E-state index in [9.17, 15) is 9.18 Å². The van der Waals surface area contributed by atoms with Gasteiger partial charge in [0, 0.05) is 0 Å². The standard InChI is InChI=1S/C16H15FO3/c1-16(2,11-7-4-3-5-8-11)20-13-10-6-9-12(17)14(13)15(18)19/h3-10H,1-2H3,(H,18,19). The smallest absolute Gasteiger partial charge is 0.342 e. The summed E-state index contributed by atoms with van der Waals surface area (Å²) in [6.45, 7) is 3.61. The Bertz CT molecular complexity index is 621.